The van der Waals surface area contributed by atoms with Crippen LogP contribution in [0.3, 0.4) is 0 Å². The summed E-state index contributed by atoms with van der Waals surface area (Å²) in [5.41, 5.74) is 1.62. The number of aliphatic hydroxyl groups excluding tert-OH is 1. The van der Waals surface area contributed by atoms with E-state index in [1.807, 2.05) is 13.8 Å². The van der Waals surface area contributed by atoms with Crippen LogP contribution in [0, 0.1) is 20.8 Å². The molecule has 7 heteroatoms. The van der Waals surface area contributed by atoms with Crippen LogP contribution in [-0.2, 0) is 0 Å². The molecule has 2 aromatic heterocycles. The topological polar surface area (TPSA) is 100 Å². The zero-order valence-electron chi connectivity index (χ0n) is 12.2. The van der Waals surface area contributed by atoms with E-state index in [4.69, 9.17) is 4.42 Å². The molecular weight excluding hydrogens is 272 g/mol. The first-order valence-electron chi connectivity index (χ1n) is 6.55. The largest absolute Gasteiger partial charge is 0.467 e. The molecular formula is C14H18N4O3. The summed E-state index contributed by atoms with van der Waals surface area (Å²) in [6.45, 7) is 5.49. The average Bonchev–Trinajstić information content (AvgIpc) is 2.95. The smallest absolute Gasteiger partial charge is 0.320 e. The molecule has 0 aliphatic carbocycles. The molecule has 2 aromatic rings. The van der Waals surface area contributed by atoms with Crippen LogP contribution >= 0.6 is 0 Å². The number of anilines is 1. The van der Waals surface area contributed by atoms with Gasteiger partial charge in [0.15, 0.2) is 0 Å². The van der Waals surface area contributed by atoms with Crippen LogP contribution in [0.1, 0.15) is 28.9 Å². The van der Waals surface area contributed by atoms with E-state index < -0.39 is 12.1 Å². The van der Waals surface area contributed by atoms with E-state index in [0.717, 1.165) is 11.3 Å². The molecule has 0 unspecified atom stereocenters. The first-order valence-corrected chi connectivity index (χ1v) is 6.55. The Morgan fingerprint density at radius 1 is 1.38 bits per heavy atom. The summed E-state index contributed by atoms with van der Waals surface area (Å²) >= 11 is 0. The van der Waals surface area contributed by atoms with Gasteiger partial charge in [-0.1, -0.05) is 0 Å². The fourth-order valence-corrected chi connectivity index (χ4v) is 1.81. The first kappa shape index (κ1) is 15.0. The zero-order chi connectivity index (χ0) is 15.4. The summed E-state index contributed by atoms with van der Waals surface area (Å²) < 4.78 is 5.05. The van der Waals surface area contributed by atoms with Gasteiger partial charge in [-0.2, -0.15) is 0 Å². The first-order chi connectivity index (χ1) is 9.97. The van der Waals surface area contributed by atoms with Crippen molar-refractivity contribution in [1.82, 2.24) is 15.3 Å². The maximum Gasteiger partial charge on any atom is 0.320 e. The normalized spacial score (nSPS) is 12.0. The summed E-state index contributed by atoms with van der Waals surface area (Å²) in [5, 5.41) is 15.0. The second kappa shape index (κ2) is 6.36. The second-order valence-corrected chi connectivity index (χ2v) is 4.70. The van der Waals surface area contributed by atoms with Gasteiger partial charge in [0.05, 0.1) is 12.8 Å². The Kier molecular flexibility index (Phi) is 4.54. The van der Waals surface area contributed by atoms with E-state index in [1.165, 1.54) is 6.26 Å². The third-order valence-corrected chi connectivity index (χ3v) is 3.06. The van der Waals surface area contributed by atoms with Crippen LogP contribution < -0.4 is 10.6 Å². The highest BCUT2D eigenvalue weighted by Crippen LogP contribution is 2.15. The second-order valence-electron chi connectivity index (χ2n) is 4.70. The van der Waals surface area contributed by atoms with Crippen LogP contribution in [0.2, 0.25) is 0 Å². The SMILES string of the molecule is Cc1nc(C)c(C)c(NC(=O)NC[C@H](O)c2ccco2)n1. The highest BCUT2D eigenvalue weighted by Gasteiger charge is 2.13. The number of furan rings is 1. The molecule has 0 aliphatic rings. The van der Waals surface area contributed by atoms with Gasteiger partial charge in [0.2, 0.25) is 0 Å². The molecule has 0 saturated heterocycles. The lowest BCUT2D eigenvalue weighted by Gasteiger charge is -2.12. The van der Waals surface area contributed by atoms with Crippen molar-refractivity contribution in [2.24, 2.45) is 0 Å². The molecule has 0 fully saturated rings. The number of hydrogen-bond donors (Lipinski definition) is 3. The van der Waals surface area contributed by atoms with Gasteiger partial charge >= 0.3 is 6.03 Å². The third-order valence-electron chi connectivity index (χ3n) is 3.06. The van der Waals surface area contributed by atoms with Crippen molar-refractivity contribution in [2.45, 2.75) is 26.9 Å². The Hall–Kier alpha value is -2.41. The van der Waals surface area contributed by atoms with Crippen molar-refractivity contribution in [1.29, 1.82) is 0 Å². The molecule has 0 saturated carbocycles. The lowest BCUT2D eigenvalue weighted by Crippen LogP contribution is -2.33. The number of aryl methyl sites for hydroxylation is 2. The number of amides is 2. The van der Waals surface area contributed by atoms with E-state index in [1.54, 1.807) is 19.1 Å². The van der Waals surface area contributed by atoms with E-state index in [-0.39, 0.29) is 6.54 Å². The number of carbonyl (C=O) groups is 1. The molecule has 0 aromatic carbocycles. The maximum atomic E-state index is 11.8. The fraction of sp³-hybridized carbons (Fsp3) is 0.357. The van der Waals surface area contributed by atoms with Gasteiger partial charge in [-0.25, -0.2) is 14.8 Å². The van der Waals surface area contributed by atoms with Gasteiger partial charge in [-0.3, -0.25) is 5.32 Å². The quantitative estimate of drug-likeness (QED) is 0.798. The third kappa shape index (κ3) is 3.79. The summed E-state index contributed by atoms with van der Waals surface area (Å²) in [4.78, 5) is 20.2. The molecule has 0 spiro atoms. The van der Waals surface area contributed by atoms with Crippen LogP contribution in [0.4, 0.5) is 10.6 Å². The van der Waals surface area contributed by atoms with Crippen LogP contribution in [-0.4, -0.2) is 27.7 Å². The number of aliphatic hydroxyl groups is 1. The van der Waals surface area contributed by atoms with E-state index in [9.17, 15) is 9.90 Å². The molecule has 2 heterocycles. The number of rotatable bonds is 4. The standard InChI is InChI=1S/C14H18N4O3/c1-8-9(2)16-10(3)17-13(8)18-14(20)15-7-11(19)12-5-4-6-21-12/h4-6,11,19H,7H2,1-3H3,(H2,15,16,17,18,20)/t11-/m0/s1. The van der Waals surface area contributed by atoms with Gasteiger partial charge in [0, 0.05) is 11.3 Å². The van der Waals surface area contributed by atoms with Crippen molar-refractivity contribution in [3.8, 4) is 0 Å². The number of nitrogens with one attached hydrogen (secondary N) is 2. The Bertz CT molecular complexity index is 625. The number of hydrogen-bond acceptors (Lipinski definition) is 5. The molecule has 0 radical (unpaired) electrons. The number of carbonyl (C=O) groups excluding carboxylic acids is 1. The van der Waals surface area contributed by atoms with Crippen LogP contribution in [0.15, 0.2) is 22.8 Å². The predicted molar refractivity (Wildman–Crippen MR) is 76.9 cm³/mol. The number of urea groups is 1. The molecule has 7 nitrogen and oxygen atoms in total. The summed E-state index contributed by atoms with van der Waals surface area (Å²) in [6.07, 6.45) is 0.578. The van der Waals surface area contributed by atoms with Gasteiger partial charge in [0.25, 0.3) is 0 Å². The van der Waals surface area contributed by atoms with Crippen molar-refractivity contribution in [3.05, 3.63) is 41.2 Å². The van der Waals surface area contributed by atoms with Crippen molar-refractivity contribution >= 4 is 11.8 Å². The summed E-state index contributed by atoms with van der Waals surface area (Å²) in [5.74, 6) is 1.45. The Balaban J connectivity index is 1.93. The van der Waals surface area contributed by atoms with Gasteiger partial charge in [-0.15, -0.1) is 0 Å². The fourth-order valence-electron chi connectivity index (χ4n) is 1.81. The van der Waals surface area contributed by atoms with Crippen LogP contribution in [0.5, 0.6) is 0 Å². The minimum atomic E-state index is -0.888. The highest BCUT2D eigenvalue weighted by molar-refractivity contribution is 5.89. The van der Waals surface area contributed by atoms with Gasteiger partial charge in [-0.05, 0) is 32.9 Å². The Morgan fingerprint density at radius 3 is 2.81 bits per heavy atom. The number of nitrogens with zero attached hydrogens (tertiary/aromatic N) is 2. The number of aromatic nitrogens is 2. The van der Waals surface area contributed by atoms with Crippen molar-refractivity contribution < 1.29 is 14.3 Å². The molecule has 2 rings (SSSR count). The average molecular weight is 290 g/mol. The van der Waals surface area contributed by atoms with Crippen molar-refractivity contribution in [3.63, 3.8) is 0 Å². The van der Waals surface area contributed by atoms with E-state index in [2.05, 4.69) is 20.6 Å². The van der Waals surface area contributed by atoms with E-state index >= 15 is 0 Å². The lowest BCUT2D eigenvalue weighted by atomic mass is 10.2. The summed E-state index contributed by atoms with van der Waals surface area (Å²) in [7, 11) is 0. The predicted octanol–water partition coefficient (Wildman–Crippen LogP) is 1.85. The molecule has 0 aliphatic heterocycles. The minimum absolute atomic E-state index is 0.0431. The monoisotopic (exact) mass is 290 g/mol. The minimum Gasteiger partial charge on any atom is -0.467 e. The van der Waals surface area contributed by atoms with Crippen molar-refractivity contribution in [2.75, 3.05) is 11.9 Å². The lowest BCUT2D eigenvalue weighted by molar-refractivity contribution is 0.149. The molecule has 2 amide bonds. The summed E-state index contributed by atoms with van der Waals surface area (Å²) in [6, 6.07) is 2.88. The van der Waals surface area contributed by atoms with Crippen LogP contribution in [0.25, 0.3) is 0 Å². The molecule has 0 bridgehead atoms. The van der Waals surface area contributed by atoms with Gasteiger partial charge in [0.1, 0.15) is 23.5 Å². The zero-order valence-corrected chi connectivity index (χ0v) is 12.2. The van der Waals surface area contributed by atoms with E-state index in [0.29, 0.717) is 17.4 Å². The molecule has 1 atom stereocenters. The Labute approximate surface area is 122 Å². The molecule has 112 valence electrons. The Morgan fingerprint density at radius 2 is 2.14 bits per heavy atom. The molecule has 21 heavy (non-hydrogen) atoms. The molecule has 3 N–H and O–H groups in total. The highest BCUT2D eigenvalue weighted by atomic mass is 16.4. The maximum absolute atomic E-state index is 11.8. The van der Waals surface area contributed by atoms with Gasteiger partial charge < -0.3 is 14.8 Å².